The van der Waals surface area contributed by atoms with Crippen molar-refractivity contribution >= 4 is 28.8 Å². The Kier molecular flexibility index (Phi) is 6.41. The third-order valence-corrected chi connectivity index (χ3v) is 5.94. The van der Waals surface area contributed by atoms with Gasteiger partial charge in [-0.3, -0.25) is 0 Å². The molecule has 0 aliphatic heterocycles. The van der Waals surface area contributed by atoms with Gasteiger partial charge in [0.1, 0.15) is 5.75 Å². The summed E-state index contributed by atoms with van der Waals surface area (Å²) >= 11 is 0. The Morgan fingerprint density at radius 3 is 1.97 bits per heavy atom. The normalized spacial score (nSPS) is 11.0. The molecule has 0 aromatic heterocycles. The van der Waals surface area contributed by atoms with Gasteiger partial charge in [0.2, 0.25) is 0 Å². The van der Waals surface area contributed by atoms with E-state index in [2.05, 4.69) is 0 Å². The number of carbonyl (C=O) groups is 2. The van der Waals surface area contributed by atoms with Gasteiger partial charge < -0.3 is 9.84 Å². The van der Waals surface area contributed by atoms with Gasteiger partial charge in [-0.1, -0.05) is 109 Å². The van der Waals surface area contributed by atoms with Crippen LogP contribution in [0.3, 0.4) is 0 Å². The maximum Gasteiger partial charge on any atom is 0.336 e. The Bertz CT molecular complexity index is 1580. The Hall–Kier alpha value is -4.96. The molecule has 0 unspecified atom stereocenters. The van der Waals surface area contributed by atoms with Gasteiger partial charge in [0.05, 0.1) is 5.56 Å². The lowest BCUT2D eigenvalue weighted by atomic mass is 9.89. The standard InChI is InChI=1S/C32H22O4/c33-29(21-20-22-10-3-1-4-11-22)36-28-19-8-15-24-14-7-17-26(30(24)28)27-18-9-16-25(31(27)32(34)35)23-12-5-2-6-13-23/h1-21H,(H,34,35). The lowest BCUT2D eigenvalue weighted by molar-refractivity contribution is -0.128. The van der Waals surface area contributed by atoms with Crippen LogP contribution in [0, 0.1) is 0 Å². The highest BCUT2D eigenvalue weighted by Gasteiger charge is 2.20. The average Bonchev–Trinajstić information content (AvgIpc) is 2.92. The van der Waals surface area contributed by atoms with Gasteiger partial charge in [0.25, 0.3) is 0 Å². The highest BCUT2D eigenvalue weighted by molar-refractivity contribution is 6.09. The van der Waals surface area contributed by atoms with Gasteiger partial charge in [-0.15, -0.1) is 0 Å². The molecule has 5 aromatic rings. The van der Waals surface area contributed by atoms with E-state index in [0.29, 0.717) is 27.8 Å². The highest BCUT2D eigenvalue weighted by Crippen LogP contribution is 2.39. The summed E-state index contributed by atoms with van der Waals surface area (Å²) in [7, 11) is 0. The SMILES string of the molecule is O=C(C=Cc1ccccc1)Oc1cccc2cccc(-c3cccc(-c4ccccc4)c3C(=O)O)c12. The first-order valence-corrected chi connectivity index (χ1v) is 11.5. The lowest BCUT2D eigenvalue weighted by Crippen LogP contribution is -2.06. The van der Waals surface area contributed by atoms with Crippen molar-refractivity contribution in [3.8, 4) is 28.0 Å². The number of carboxylic acid groups (broad SMARTS) is 1. The molecule has 0 heterocycles. The number of hydrogen-bond donors (Lipinski definition) is 1. The Morgan fingerprint density at radius 1 is 0.639 bits per heavy atom. The van der Waals surface area contributed by atoms with E-state index in [1.54, 1.807) is 18.2 Å². The smallest absolute Gasteiger partial charge is 0.336 e. The minimum absolute atomic E-state index is 0.196. The molecule has 5 rings (SSSR count). The molecule has 4 nitrogen and oxygen atoms in total. The fourth-order valence-electron chi connectivity index (χ4n) is 4.35. The number of esters is 1. The minimum Gasteiger partial charge on any atom is -0.478 e. The van der Waals surface area contributed by atoms with Crippen LogP contribution in [0.15, 0.2) is 121 Å². The number of aromatic carboxylic acids is 1. The molecule has 36 heavy (non-hydrogen) atoms. The predicted octanol–water partition coefficient (Wildman–Crippen LogP) is 7.49. The highest BCUT2D eigenvalue weighted by atomic mass is 16.5. The van der Waals surface area contributed by atoms with Crippen LogP contribution in [0.5, 0.6) is 5.75 Å². The van der Waals surface area contributed by atoms with E-state index < -0.39 is 11.9 Å². The van der Waals surface area contributed by atoms with Crippen LogP contribution in [-0.4, -0.2) is 17.0 Å². The summed E-state index contributed by atoms with van der Waals surface area (Å²) < 4.78 is 5.75. The number of carbonyl (C=O) groups excluding carboxylic acids is 1. The minimum atomic E-state index is -1.03. The monoisotopic (exact) mass is 470 g/mol. The van der Waals surface area contributed by atoms with Crippen molar-refractivity contribution in [2.24, 2.45) is 0 Å². The number of carboxylic acids is 1. The van der Waals surface area contributed by atoms with E-state index in [1.807, 2.05) is 103 Å². The fourth-order valence-corrected chi connectivity index (χ4v) is 4.35. The molecular formula is C32H22O4. The van der Waals surface area contributed by atoms with Crippen LogP contribution < -0.4 is 4.74 Å². The number of hydrogen-bond acceptors (Lipinski definition) is 3. The molecule has 1 N–H and O–H groups in total. The molecule has 0 radical (unpaired) electrons. The average molecular weight is 471 g/mol. The van der Waals surface area contributed by atoms with E-state index in [1.165, 1.54) is 6.08 Å². The van der Waals surface area contributed by atoms with Crippen molar-refractivity contribution in [3.05, 3.63) is 132 Å². The van der Waals surface area contributed by atoms with Gasteiger partial charge in [-0.2, -0.15) is 0 Å². The molecule has 0 spiro atoms. The third kappa shape index (κ3) is 4.65. The summed E-state index contributed by atoms with van der Waals surface area (Å²) in [4.78, 5) is 25.2. The predicted molar refractivity (Wildman–Crippen MR) is 143 cm³/mol. The summed E-state index contributed by atoms with van der Waals surface area (Å²) in [5, 5.41) is 11.8. The number of benzene rings is 5. The molecule has 0 amide bonds. The second-order valence-electron chi connectivity index (χ2n) is 8.22. The van der Waals surface area contributed by atoms with Crippen molar-refractivity contribution in [1.29, 1.82) is 0 Å². The second kappa shape index (κ2) is 10.1. The van der Waals surface area contributed by atoms with Crippen molar-refractivity contribution in [2.75, 3.05) is 0 Å². The molecule has 5 aromatic carbocycles. The van der Waals surface area contributed by atoms with E-state index in [4.69, 9.17) is 4.74 Å². The van der Waals surface area contributed by atoms with E-state index in [-0.39, 0.29) is 5.56 Å². The molecule has 0 aliphatic rings. The van der Waals surface area contributed by atoms with Gasteiger partial charge in [0.15, 0.2) is 0 Å². The molecule has 0 saturated carbocycles. The largest absolute Gasteiger partial charge is 0.478 e. The zero-order valence-corrected chi connectivity index (χ0v) is 19.3. The molecule has 0 saturated heterocycles. The molecular weight excluding hydrogens is 448 g/mol. The molecule has 174 valence electrons. The maximum atomic E-state index is 12.7. The van der Waals surface area contributed by atoms with Crippen molar-refractivity contribution in [3.63, 3.8) is 0 Å². The fraction of sp³-hybridized carbons (Fsp3) is 0. The van der Waals surface area contributed by atoms with E-state index in [9.17, 15) is 14.7 Å². The lowest BCUT2D eigenvalue weighted by Gasteiger charge is -2.16. The van der Waals surface area contributed by atoms with Crippen LogP contribution in [0.25, 0.3) is 39.1 Å². The topological polar surface area (TPSA) is 63.6 Å². The first-order valence-electron chi connectivity index (χ1n) is 11.5. The summed E-state index contributed by atoms with van der Waals surface area (Å²) in [6.07, 6.45) is 3.08. The Balaban J connectivity index is 1.62. The maximum absolute atomic E-state index is 12.7. The van der Waals surface area contributed by atoms with E-state index in [0.717, 1.165) is 16.5 Å². The van der Waals surface area contributed by atoms with Crippen LogP contribution >= 0.6 is 0 Å². The van der Waals surface area contributed by atoms with Gasteiger partial charge in [-0.25, -0.2) is 9.59 Å². The summed E-state index contributed by atoms with van der Waals surface area (Å²) in [5.74, 6) is -1.17. The van der Waals surface area contributed by atoms with Crippen molar-refractivity contribution < 1.29 is 19.4 Å². The van der Waals surface area contributed by atoms with Gasteiger partial charge in [-0.05, 0) is 45.3 Å². The molecule has 0 bridgehead atoms. The van der Waals surface area contributed by atoms with Crippen LogP contribution in [0.2, 0.25) is 0 Å². The summed E-state index contributed by atoms with van der Waals surface area (Å²) in [6.45, 7) is 0. The van der Waals surface area contributed by atoms with Crippen LogP contribution in [0.4, 0.5) is 0 Å². The molecule has 4 heteroatoms. The number of rotatable bonds is 6. The van der Waals surface area contributed by atoms with Gasteiger partial charge in [0, 0.05) is 11.5 Å². The first kappa shape index (κ1) is 22.8. The second-order valence-corrected chi connectivity index (χ2v) is 8.22. The zero-order chi connectivity index (χ0) is 24.9. The third-order valence-electron chi connectivity index (χ3n) is 5.94. The van der Waals surface area contributed by atoms with E-state index >= 15 is 0 Å². The molecule has 0 fully saturated rings. The Labute approximate surface area is 208 Å². The summed E-state index contributed by atoms with van der Waals surface area (Å²) in [5.41, 5.74) is 3.75. The summed E-state index contributed by atoms with van der Waals surface area (Å²) in [6, 6.07) is 35.5. The van der Waals surface area contributed by atoms with Crippen LogP contribution in [0.1, 0.15) is 15.9 Å². The van der Waals surface area contributed by atoms with Crippen LogP contribution in [-0.2, 0) is 4.79 Å². The quantitative estimate of drug-likeness (QED) is 0.159. The van der Waals surface area contributed by atoms with Crippen molar-refractivity contribution in [1.82, 2.24) is 0 Å². The number of fused-ring (bicyclic) bond motifs is 1. The Morgan fingerprint density at radius 2 is 1.25 bits per heavy atom. The van der Waals surface area contributed by atoms with Gasteiger partial charge >= 0.3 is 11.9 Å². The first-order chi connectivity index (χ1) is 17.6. The number of ether oxygens (including phenoxy) is 1. The molecule has 0 aliphatic carbocycles. The van der Waals surface area contributed by atoms with Crippen molar-refractivity contribution in [2.45, 2.75) is 0 Å². The molecule has 0 atom stereocenters. The zero-order valence-electron chi connectivity index (χ0n) is 19.3.